The van der Waals surface area contributed by atoms with Gasteiger partial charge in [0.1, 0.15) is 6.04 Å². The van der Waals surface area contributed by atoms with Crippen LogP contribution in [-0.2, 0) is 0 Å². The number of H-pyrrole nitrogens is 1. The number of furan rings is 1. The highest BCUT2D eigenvalue weighted by atomic mass is 16.3. The monoisotopic (exact) mass is 346 g/mol. The molecule has 4 aromatic rings. The van der Waals surface area contributed by atoms with Crippen LogP contribution in [0.15, 0.2) is 82.2 Å². The predicted molar refractivity (Wildman–Crippen MR) is 99.7 cm³/mol. The number of hydrogen-bond donors (Lipinski definition) is 2. The number of nitrogens with two attached hydrogens (primary N) is 1. The first-order valence-electron chi connectivity index (χ1n) is 8.64. The first-order valence-corrected chi connectivity index (χ1v) is 8.64. The van der Waals surface area contributed by atoms with E-state index >= 15 is 0 Å². The predicted octanol–water partition coefficient (Wildman–Crippen LogP) is 2.93. The first-order chi connectivity index (χ1) is 12.7. The Morgan fingerprint density at radius 2 is 1.77 bits per heavy atom. The van der Waals surface area contributed by atoms with E-state index in [4.69, 9.17) is 4.42 Å². The van der Waals surface area contributed by atoms with Crippen molar-refractivity contribution in [3.63, 3.8) is 0 Å². The number of fused-ring (bicyclic) bond motifs is 1. The summed E-state index contributed by atoms with van der Waals surface area (Å²) in [4.78, 5) is 19.9. The van der Waals surface area contributed by atoms with Gasteiger partial charge >= 0.3 is 0 Å². The van der Waals surface area contributed by atoms with Crippen molar-refractivity contribution < 1.29 is 9.73 Å². The zero-order valence-corrected chi connectivity index (χ0v) is 14.4. The number of benzene rings is 2. The quantitative estimate of drug-likeness (QED) is 0.583. The summed E-state index contributed by atoms with van der Waals surface area (Å²) in [5, 5.41) is 2.76. The maximum absolute atomic E-state index is 12.4. The van der Waals surface area contributed by atoms with E-state index < -0.39 is 0 Å². The number of nitrogens with zero attached hydrogens (tertiary/aromatic N) is 1. The molecule has 0 aliphatic heterocycles. The van der Waals surface area contributed by atoms with Crippen LogP contribution in [-0.4, -0.2) is 9.97 Å². The van der Waals surface area contributed by atoms with E-state index in [0.29, 0.717) is 16.7 Å². The lowest BCUT2D eigenvalue weighted by molar-refractivity contribution is -0.725. The van der Waals surface area contributed by atoms with E-state index in [9.17, 15) is 4.79 Å². The van der Waals surface area contributed by atoms with Gasteiger partial charge in [-0.05, 0) is 31.2 Å². The number of para-hydroxylation sites is 1. The highest BCUT2D eigenvalue weighted by Crippen LogP contribution is 2.20. The lowest BCUT2D eigenvalue weighted by Gasteiger charge is -2.18. The van der Waals surface area contributed by atoms with E-state index in [2.05, 4.69) is 27.4 Å². The standard InChI is InChI=1S/C21H19N3O2/c1-14(20-23-17-11-6-5-10-16(17)21(25)24-20)22-19(18-12-7-13-26-18)15-8-3-2-4-9-15/h2-14,19,22H,1H3,(H,23,24,25)/p+1/t14-,19-/m1/s1. The number of quaternary nitrogens is 1. The molecule has 0 unspecified atom stereocenters. The third-order valence-electron chi connectivity index (χ3n) is 4.55. The van der Waals surface area contributed by atoms with E-state index in [-0.39, 0.29) is 17.6 Å². The molecule has 5 nitrogen and oxygen atoms in total. The largest absolute Gasteiger partial charge is 0.463 e. The fourth-order valence-corrected chi connectivity index (χ4v) is 3.20. The van der Waals surface area contributed by atoms with Crippen molar-refractivity contribution in [2.24, 2.45) is 0 Å². The Morgan fingerprint density at radius 1 is 1.00 bits per heavy atom. The number of nitrogens with one attached hydrogen (secondary N) is 1. The lowest BCUT2D eigenvalue weighted by Crippen LogP contribution is -2.86. The minimum Gasteiger partial charge on any atom is -0.463 e. The third-order valence-corrected chi connectivity index (χ3v) is 4.55. The Labute approximate surface area is 150 Å². The van der Waals surface area contributed by atoms with Gasteiger partial charge in [0.15, 0.2) is 17.6 Å². The molecule has 0 bridgehead atoms. The fourth-order valence-electron chi connectivity index (χ4n) is 3.20. The molecule has 26 heavy (non-hydrogen) atoms. The van der Waals surface area contributed by atoms with Gasteiger partial charge in [0, 0.05) is 5.56 Å². The normalized spacial score (nSPS) is 13.6. The van der Waals surface area contributed by atoms with E-state index in [1.165, 1.54) is 0 Å². The average Bonchev–Trinajstić information content (AvgIpc) is 3.21. The van der Waals surface area contributed by atoms with E-state index in [1.807, 2.05) is 55.5 Å². The zero-order chi connectivity index (χ0) is 17.9. The van der Waals surface area contributed by atoms with Gasteiger partial charge in [-0.25, -0.2) is 4.98 Å². The summed E-state index contributed by atoms with van der Waals surface area (Å²) in [6.45, 7) is 2.03. The van der Waals surface area contributed by atoms with Gasteiger partial charge in [-0.15, -0.1) is 0 Å². The van der Waals surface area contributed by atoms with Gasteiger partial charge in [0.2, 0.25) is 0 Å². The molecular weight excluding hydrogens is 326 g/mol. The molecule has 0 radical (unpaired) electrons. The second kappa shape index (κ2) is 6.98. The molecule has 2 atom stereocenters. The van der Waals surface area contributed by atoms with Crippen molar-refractivity contribution in [1.29, 1.82) is 0 Å². The van der Waals surface area contributed by atoms with Crippen LogP contribution >= 0.6 is 0 Å². The molecule has 4 rings (SSSR count). The molecule has 2 heterocycles. The van der Waals surface area contributed by atoms with E-state index in [0.717, 1.165) is 11.3 Å². The number of aromatic amines is 1. The van der Waals surface area contributed by atoms with E-state index in [1.54, 1.807) is 12.3 Å². The molecule has 0 fully saturated rings. The number of aromatic nitrogens is 2. The summed E-state index contributed by atoms with van der Waals surface area (Å²) in [5.74, 6) is 1.52. The lowest BCUT2D eigenvalue weighted by atomic mass is 10.0. The number of hydrogen-bond acceptors (Lipinski definition) is 3. The summed E-state index contributed by atoms with van der Waals surface area (Å²) in [6, 6.07) is 21.3. The zero-order valence-electron chi connectivity index (χ0n) is 14.4. The SMILES string of the molecule is C[C@@H]([NH2+][C@H](c1ccccc1)c1ccco1)c1nc2ccccc2c(=O)[nH]1. The molecule has 2 aromatic heterocycles. The van der Waals surface area contributed by atoms with Crippen LogP contribution in [0.25, 0.3) is 10.9 Å². The highest BCUT2D eigenvalue weighted by Gasteiger charge is 2.25. The summed E-state index contributed by atoms with van der Waals surface area (Å²) < 4.78 is 5.66. The molecular formula is C21H20N3O2+. The third kappa shape index (κ3) is 3.17. The molecule has 5 heteroatoms. The van der Waals surface area contributed by atoms with Gasteiger partial charge in [0.05, 0.1) is 17.2 Å². The van der Waals surface area contributed by atoms with Crippen molar-refractivity contribution >= 4 is 10.9 Å². The highest BCUT2D eigenvalue weighted by molar-refractivity contribution is 5.77. The molecule has 2 aromatic carbocycles. The van der Waals surface area contributed by atoms with Crippen molar-refractivity contribution in [2.75, 3.05) is 0 Å². The Hall–Kier alpha value is -3.18. The van der Waals surface area contributed by atoms with Crippen LogP contribution in [0.4, 0.5) is 0 Å². The molecule has 0 spiro atoms. The summed E-state index contributed by atoms with van der Waals surface area (Å²) >= 11 is 0. The molecule has 0 saturated carbocycles. The van der Waals surface area contributed by atoms with Crippen LogP contribution in [0.5, 0.6) is 0 Å². The molecule has 0 aliphatic rings. The van der Waals surface area contributed by atoms with Crippen molar-refractivity contribution in [1.82, 2.24) is 9.97 Å². The van der Waals surface area contributed by atoms with Crippen LogP contribution in [0, 0.1) is 0 Å². The summed E-state index contributed by atoms with van der Waals surface area (Å²) in [5.41, 5.74) is 1.73. The van der Waals surface area contributed by atoms with Gasteiger partial charge in [0.25, 0.3) is 5.56 Å². The number of rotatable bonds is 5. The topological polar surface area (TPSA) is 75.5 Å². The molecule has 0 amide bonds. The maximum atomic E-state index is 12.4. The molecule has 130 valence electrons. The molecule has 0 saturated heterocycles. The maximum Gasteiger partial charge on any atom is 0.258 e. The average molecular weight is 346 g/mol. The summed E-state index contributed by atoms with van der Waals surface area (Å²) in [7, 11) is 0. The van der Waals surface area contributed by atoms with Crippen molar-refractivity contribution in [3.8, 4) is 0 Å². The molecule has 0 aliphatic carbocycles. The van der Waals surface area contributed by atoms with Crippen LogP contribution in [0.1, 0.15) is 36.2 Å². The first kappa shape index (κ1) is 16.3. The summed E-state index contributed by atoms with van der Waals surface area (Å²) in [6.07, 6.45) is 1.68. The van der Waals surface area contributed by atoms with Crippen molar-refractivity contribution in [2.45, 2.75) is 19.0 Å². The van der Waals surface area contributed by atoms with Crippen LogP contribution < -0.4 is 10.9 Å². The fraction of sp³-hybridized carbons (Fsp3) is 0.143. The van der Waals surface area contributed by atoms with Crippen molar-refractivity contribution in [3.05, 3.63) is 100 Å². The molecule has 3 N–H and O–H groups in total. The van der Waals surface area contributed by atoms with Crippen LogP contribution in [0.3, 0.4) is 0 Å². The van der Waals surface area contributed by atoms with Gasteiger partial charge < -0.3 is 14.7 Å². The van der Waals surface area contributed by atoms with Crippen LogP contribution in [0.2, 0.25) is 0 Å². The minimum absolute atomic E-state index is 0.0158. The second-order valence-corrected chi connectivity index (χ2v) is 6.35. The Kier molecular flexibility index (Phi) is 4.37. The Morgan fingerprint density at radius 3 is 2.54 bits per heavy atom. The minimum atomic E-state index is -0.111. The Bertz CT molecular complexity index is 1060. The second-order valence-electron chi connectivity index (χ2n) is 6.35. The van der Waals surface area contributed by atoms with Gasteiger partial charge in [-0.1, -0.05) is 42.5 Å². The van der Waals surface area contributed by atoms with Gasteiger partial charge in [-0.2, -0.15) is 0 Å². The smallest absolute Gasteiger partial charge is 0.258 e. The Balaban J connectivity index is 1.69. The van der Waals surface area contributed by atoms with Gasteiger partial charge in [-0.3, -0.25) is 4.79 Å².